The van der Waals surface area contributed by atoms with Crippen LogP contribution >= 0.6 is 0 Å². The molecule has 2 aromatic carbocycles. The van der Waals surface area contributed by atoms with Gasteiger partial charge in [0.1, 0.15) is 5.76 Å². The Hall–Kier alpha value is -2.95. The molecule has 0 aromatic heterocycles. The minimum Gasteiger partial charge on any atom is -0.507 e. The standard InChI is InChI=1S/C15H11NO4/c17-14(11-4-2-1-3-5-11)10-15(18)12-6-8-13(9-7-12)16(19)20/h1-10,17H. The number of rotatable bonds is 4. The number of nitro groups is 1. The van der Waals surface area contributed by atoms with E-state index in [1.165, 1.54) is 24.3 Å². The molecule has 0 aliphatic heterocycles. The van der Waals surface area contributed by atoms with Crippen LogP contribution in [0.3, 0.4) is 0 Å². The average molecular weight is 269 g/mol. The van der Waals surface area contributed by atoms with E-state index in [-0.39, 0.29) is 17.0 Å². The number of allylic oxidation sites excluding steroid dienone is 1. The molecule has 0 heterocycles. The van der Waals surface area contributed by atoms with Crippen molar-refractivity contribution in [1.29, 1.82) is 0 Å². The fourth-order valence-electron chi connectivity index (χ4n) is 1.65. The lowest BCUT2D eigenvalue weighted by atomic mass is 10.1. The lowest BCUT2D eigenvalue weighted by Gasteiger charge is -2.00. The fourth-order valence-corrected chi connectivity index (χ4v) is 1.65. The molecule has 2 rings (SSSR count). The Morgan fingerprint density at radius 1 is 1.00 bits per heavy atom. The topological polar surface area (TPSA) is 80.4 Å². The van der Waals surface area contributed by atoms with Gasteiger partial charge in [-0.15, -0.1) is 0 Å². The zero-order valence-electron chi connectivity index (χ0n) is 10.4. The van der Waals surface area contributed by atoms with Gasteiger partial charge >= 0.3 is 0 Å². The van der Waals surface area contributed by atoms with E-state index in [4.69, 9.17) is 0 Å². The van der Waals surface area contributed by atoms with Crippen LogP contribution in [-0.2, 0) is 0 Å². The Morgan fingerprint density at radius 3 is 2.15 bits per heavy atom. The number of aliphatic hydroxyl groups is 1. The number of non-ortho nitro benzene ring substituents is 1. The van der Waals surface area contributed by atoms with Crippen molar-refractivity contribution in [2.45, 2.75) is 0 Å². The van der Waals surface area contributed by atoms with Crippen molar-refractivity contribution in [3.05, 3.63) is 81.9 Å². The van der Waals surface area contributed by atoms with Crippen LogP contribution in [0.4, 0.5) is 5.69 Å². The Labute approximate surface area is 115 Å². The normalized spacial score (nSPS) is 11.1. The number of hydrogen-bond donors (Lipinski definition) is 1. The molecule has 20 heavy (non-hydrogen) atoms. The summed E-state index contributed by atoms with van der Waals surface area (Å²) in [6.45, 7) is 0. The zero-order valence-corrected chi connectivity index (χ0v) is 10.4. The lowest BCUT2D eigenvalue weighted by molar-refractivity contribution is -0.384. The molecule has 0 saturated heterocycles. The third kappa shape index (κ3) is 3.08. The first-order chi connectivity index (χ1) is 9.58. The van der Waals surface area contributed by atoms with Crippen LogP contribution in [0, 0.1) is 10.1 Å². The molecule has 5 nitrogen and oxygen atoms in total. The maximum Gasteiger partial charge on any atom is 0.269 e. The van der Waals surface area contributed by atoms with Crippen molar-refractivity contribution in [2.75, 3.05) is 0 Å². The van der Waals surface area contributed by atoms with Gasteiger partial charge in [0.05, 0.1) is 4.92 Å². The molecular weight excluding hydrogens is 258 g/mol. The highest BCUT2D eigenvalue weighted by Crippen LogP contribution is 2.15. The molecule has 100 valence electrons. The SMILES string of the molecule is O=C(C=C(O)c1ccccc1)c1ccc([N+](=O)[O-])cc1. The summed E-state index contributed by atoms with van der Waals surface area (Å²) in [6, 6.07) is 13.9. The van der Waals surface area contributed by atoms with Crippen LogP contribution in [0.25, 0.3) is 5.76 Å². The van der Waals surface area contributed by atoms with Crippen LogP contribution in [0.5, 0.6) is 0 Å². The van der Waals surface area contributed by atoms with Gasteiger partial charge in [-0.1, -0.05) is 30.3 Å². The molecule has 0 spiro atoms. The van der Waals surface area contributed by atoms with Crippen molar-refractivity contribution in [3.8, 4) is 0 Å². The number of carbonyl (C=O) groups excluding carboxylic acids is 1. The average Bonchev–Trinajstić information content (AvgIpc) is 2.48. The summed E-state index contributed by atoms with van der Waals surface area (Å²) in [5.74, 6) is -0.560. The van der Waals surface area contributed by atoms with E-state index in [0.717, 1.165) is 6.08 Å². The predicted molar refractivity (Wildman–Crippen MR) is 74.5 cm³/mol. The van der Waals surface area contributed by atoms with Gasteiger partial charge in [0.15, 0.2) is 5.78 Å². The van der Waals surface area contributed by atoms with Crippen LogP contribution in [0.15, 0.2) is 60.7 Å². The van der Waals surface area contributed by atoms with Crippen molar-refractivity contribution < 1.29 is 14.8 Å². The maximum absolute atomic E-state index is 11.9. The second-order valence-electron chi connectivity index (χ2n) is 4.06. The van der Waals surface area contributed by atoms with Gasteiger partial charge in [0.2, 0.25) is 0 Å². The second kappa shape index (κ2) is 5.79. The molecule has 2 aromatic rings. The van der Waals surface area contributed by atoms with Gasteiger partial charge in [-0.2, -0.15) is 0 Å². The smallest absolute Gasteiger partial charge is 0.269 e. The first-order valence-electron chi connectivity index (χ1n) is 5.83. The van der Waals surface area contributed by atoms with Crippen LogP contribution in [-0.4, -0.2) is 15.8 Å². The molecule has 0 radical (unpaired) electrons. The highest BCUT2D eigenvalue weighted by Gasteiger charge is 2.09. The number of hydrogen-bond acceptors (Lipinski definition) is 4. The Kier molecular flexibility index (Phi) is 3.91. The number of benzene rings is 2. The fraction of sp³-hybridized carbons (Fsp3) is 0. The molecule has 0 atom stereocenters. The molecule has 0 fully saturated rings. The van der Waals surface area contributed by atoms with Crippen molar-refractivity contribution in [2.24, 2.45) is 0 Å². The molecule has 0 unspecified atom stereocenters. The van der Waals surface area contributed by atoms with Crippen LogP contribution in [0.2, 0.25) is 0 Å². The van der Waals surface area contributed by atoms with E-state index in [9.17, 15) is 20.0 Å². The minimum atomic E-state index is -0.536. The quantitative estimate of drug-likeness (QED) is 0.303. The number of aliphatic hydroxyl groups excluding tert-OH is 1. The summed E-state index contributed by atoms with van der Waals surface area (Å²) >= 11 is 0. The van der Waals surface area contributed by atoms with Crippen LogP contribution < -0.4 is 0 Å². The summed E-state index contributed by atoms with van der Waals surface area (Å²) in [4.78, 5) is 21.9. The molecule has 0 amide bonds. The first-order valence-corrected chi connectivity index (χ1v) is 5.83. The van der Waals surface area contributed by atoms with Gasteiger partial charge in [-0.25, -0.2) is 0 Å². The van der Waals surface area contributed by atoms with E-state index < -0.39 is 10.7 Å². The monoisotopic (exact) mass is 269 g/mol. The van der Waals surface area contributed by atoms with Gasteiger partial charge in [-0.05, 0) is 12.1 Å². The second-order valence-corrected chi connectivity index (χ2v) is 4.06. The summed E-state index contributed by atoms with van der Waals surface area (Å²) < 4.78 is 0. The largest absolute Gasteiger partial charge is 0.507 e. The highest BCUT2D eigenvalue weighted by molar-refractivity contribution is 6.07. The number of ketones is 1. The summed E-state index contributed by atoms with van der Waals surface area (Å²) in [5, 5.41) is 20.3. The Balaban J connectivity index is 2.21. The van der Waals surface area contributed by atoms with Crippen molar-refractivity contribution in [1.82, 2.24) is 0 Å². The zero-order chi connectivity index (χ0) is 14.5. The maximum atomic E-state index is 11.9. The van der Waals surface area contributed by atoms with E-state index in [1.807, 2.05) is 0 Å². The molecule has 0 bridgehead atoms. The van der Waals surface area contributed by atoms with E-state index in [2.05, 4.69) is 0 Å². The highest BCUT2D eigenvalue weighted by atomic mass is 16.6. The van der Waals surface area contributed by atoms with Gasteiger partial charge in [-0.3, -0.25) is 14.9 Å². The summed E-state index contributed by atoms with van der Waals surface area (Å²) in [6.07, 6.45) is 1.09. The van der Waals surface area contributed by atoms with Crippen molar-refractivity contribution in [3.63, 3.8) is 0 Å². The minimum absolute atomic E-state index is 0.0854. The van der Waals surface area contributed by atoms with E-state index >= 15 is 0 Å². The molecule has 1 N–H and O–H groups in total. The van der Waals surface area contributed by atoms with Crippen LogP contribution in [0.1, 0.15) is 15.9 Å². The number of carbonyl (C=O) groups is 1. The third-order valence-corrected chi connectivity index (χ3v) is 2.70. The van der Waals surface area contributed by atoms with Gasteiger partial charge < -0.3 is 5.11 Å². The first kappa shape index (κ1) is 13.5. The van der Waals surface area contributed by atoms with Gasteiger partial charge in [0, 0.05) is 29.3 Å². The summed E-state index contributed by atoms with van der Waals surface area (Å²) in [5.41, 5.74) is 0.721. The molecule has 5 heteroatoms. The third-order valence-electron chi connectivity index (χ3n) is 2.70. The van der Waals surface area contributed by atoms with Crippen molar-refractivity contribution >= 4 is 17.2 Å². The van der Waals surface area contributed by atoms with E-state index in [1.54, 1.807) is 30.3 Å². The molecule has 0 saturated carbocycles. The molecule has 0 aliphatic rings. The number of nitro benzene ring substituents is 1. The Bertz CT molecular complexity index is 660. The lowest BCUT2D eigenvalue weighted by Crippen LogP contribution is -1.97. The molecule has 0 aliphatic carbocycles. The Morgan fingerprint density at radius 2 is 1.60 bits per heavy atom. The molecular formula is C15H11NO4. The van der Waals surface area contributed by atoms with Gasteiger partial charge in [0.25, 0.3) is 5.69 Å². The predicted octanol–water partition coefficient (Wildman–Crippen LogP) is 3.38. The summed E-state index contributed by atoms with van der Waals surface area (Å²) in [7, 11) is 0. The van der Waals surface area contributed by atoms with E-state index in [0.29, 0.717) is 5.56 Å². The number of nitrogens with zero attached hydrogens (tertiary/aromatic N) is 1.